The maximum absolute atomic E-state index is 13.2. The van der Waals surface area contributed by atoms with Crippen molar-refractivity contribution >= 4 is 24.3 Å². The van der Waals surface area contributed by atoms with Crippen molar-refractivity contribution in [1.82, 2.24) is 5.32 Å². The van der Waals surface area contributed by atoms with Crippen LogP contribution in [0.15, 0.2) is 54.6 Å². The molecule has 0 heterocycles. The van der Waals surface area contributed by atoms with Gasteiger partial charge in [0, 0.05) is 12.1 Å². The summed E-state index contributed by atoms with van der Waals surface area (Å²) in [6.07, 6.45) is 0.867. The molecule has 1 atom stereocenters. The summed E-state index contributed by atoms with van der Waals surface area (Å²) < 4.78 is 11.5. The molecule has 6 nitrogen and oxygen atoms in total. The standard InChI is InChI=1S/C32H39NO5.ClH/c1-8-22-10-13-25(20(3)16-22)30(35)37-28-15-12-24(27(34)19-33-32(5,6)7)18-29(28)38-31(36)26-14-11-23(9-2)17-21(26)4;/h10-18,27,33-34H,8-9,19H2,1-7H3;1H. The van der Waals surface area contributed by atoms with Gasteiger partial charge in [-0.05, 0) is 99.5 Å². The van der Waals surface area contributed by atoms with Crippen LogP contribution in [0.2, 0.25) is 0 Å². The minimum Gasteiger partial charge on any atom is -0.419 e. The molecule has 0 radical (unpaired) electrons. The average molecular weight is 554 g/mol. The van der Waals surface area contributed by atoms with Crippen LogP contribution in [0.3, 0.4) is 0 Å². The first-order valence-electron chi connectivity index (χ1n) is 13.1. The molecular weight excluding hydrogens is 514 g/mol. The molecule has 3 aromatic carbocycles. The highest BCUT2D eigenvalue weighted by Crippen LogP contribution is 2.33. The van der Waals surface area contributed by atoms with Gasteiger partial charge >= 0.3 is 11.9 Å². The summed E-state index contributed by atoms with van der Waals surface area (Å²) in [7, 11) is 0. The molecule has 0 saturated carbocycles. The number of benzene rings is 3. The Kier molecular flexibility index (Phi) is 11.3. The zero-order valence-electron chi connectivity index (χ0n) is 23.9. The van der Waals surface area contributed by atoms with E-state index in [4.69, 9.17) is 9.47 Å². The van der Waals surface area contributed by atoms with Gasteiger partial charge in [-0.15, -0.1) is 12.4 Å². The monoisotopic (exact) mass is 553 g/mol. The zero-order valence-corrected chi connectivity index (χ0v) is 24.7. The number of hydrogen-bond donors (Lipinski definition) is 2. The minimum atomic E-state index is -0.856. The molecule has 0 aliphatic carbocycles. The van der Waals surface area contributed by atoms with Gasteiger partial charge in [0.2, 0.25) is 0 Å². The molecule has 0 spiro atoms. The van der Waals surface area contributed by atoms with Crippen LogP contribution in [0.5, 0.6) is 11.5 Å². The summed E-state index contributed by atoms with van der Waals surface area (Å²) in [5.74, 6) is -0.943. The molecule has 0 aliphatic heterocycles. The van der Waals surface area contributed by atoms with Crippen molar-refractivity contribution in [2.75, 3.05) is 6.54 Å². The van der Waals surface area contributed by atoms with E-state index in [-0.39, 0.29) is 29.4 Å². The van der Waals surface area contributed by atoms with Crippen LogP contribution in [0.1, 0.15) is 89.3 Å². The summed E-state index contributed by atoms with van der Waals surface area (Å²) in [6.45, 7) is 14.2. The van der Waals surface area contributed by atoms with Crippen LogP contribution < -0.4 is 14.8 Å². The first-order valence-corrected chi connectivity index (χ1v) is 13.1. The summed E-state index contributed by atoms with van der Waals surface area (Å²) in [4.78, 5) is 26.2. The van der Waals surface area contributed by atoms with Gasteiger partial charge in [0.1, 0.15) is 0 Å². The van der Waals surface area contributed by atoms with Gasteiger partial charge in [-0.3, -0.25) is 0 Å². The fourth-order valence-corrected chi connectivity index (χ4v) is 4.08. The Bertz CT molecular complexity index is 1310. The molecule has 0 aromatic heterocycles. The largest absolute Gasteiger partial charge is 0.419 e. The van der Waals surface area contributed by atoms with E-state index in [0.717, 1.165) is 35.1 Å². The normalized spacial score (nSPS) is 11.9. The number of carbonyl (C=O) groups excluding carboxylic acids is 2. The van der Waals surface area contributed by atoms with Crippen molar-refractivity contribution in [3.05, 3.63) is 93.5 Å². The zero-order chi connectivity index (χ0) is 28.0. The summed E-state index contributed by atoms with van der Waals surface area (Å²) in [5.41, 5.74) is 5.06. The molecule has 0 saturated heterocycles. The van der Waals surface area contributed by atoms with Crippen molar-refractivity contribution < 1.29 is 24.2 Å². The van der Waals surface area contributed by atoms with Gasteiger partial charge in [-0.1, -0.05) is 44.2 Å². The predicted octanol–water partition coefficient (Wildman–Crippen LogP) is 6.71. The van der Waals surface area contributed by atoms with E-state index in [9.17, 15) is 14.7 Å². The van der Waals surface area contributed by atoms with Crippen molar-refractivity contribution in [3.63, 3.8) is 0 Å². The molecule has 210 valence electrons. The second-order valence-corrected chi connectivity index (χ2v) is 10.6. The number of esters is 2. The van der Waals surface area contributed by atoms with E-state index < -0.39 is 18.0 Å². The second-order valence-electron chi connectivity index (χ2n) is 10.6. The number of rotatable bonds is 9. The van der Waals surface area contributed by atoms with Gasteiger partial charge in [0.25, 0.3) is 0 Å². The highest BCUT2D eigenvalue weighted by molar-refractivity contribution is 5.94. The van der Waals surface area contributed by atoms with Crippen molar-refractivity contribution in [1.29, 1.82) is 0 Å². The van der Waals surface area contributed by atoms with Crippen LogP contribution in [-0.4, -0.2) is 29.1 Å². The van der Waals surface area contributed by atoms with Crippen LogP contribution >= 0.6 is 12.4 Å². The van der Waals surface area contributed by atoms with Crippen molar-refractivity contribution in [3.8, 4) is 11.5 Å². The topological polar surface area (TPSA) is 84.9 Å². The Balaban J connectivity index is 0.00000533. The molecule has 0 aliphatic rings. The maximum Gasteiger partial charge on any atom is 0.343 e. The Morgan fingerprint density at radius 1 is 0.795 bits per heavy atom. The summed E-state index contributed by atoms with van der Waals surface area (Å²) in [6, 6.07) is 16.0. The van der Waals surface area contributed by atoms with Gasteiger partial charge in [-0.25, -0.2) is 9.59 Å². The number of nitrogens with one attached hydrogen (secondary N) is 1. The van der Waals surface area contributed by atoms with Crippen LogP contribution in [0.25, 0.3) is 0 Å². The number of aryl methyl sites for hydroxylation is 4. The fraction of sp³-hybridized carbons (Fsp3) is 0.375. The summed E-state index contributed by atoms with van der Waals surface area (Å²) in [5, 5.41) is 14.1. The lowest BCUT2D eigenvalue weighted by molar-refractivity contribution is 0.0680. The lowest BCUT2D eigenvalue weighted by Crippen LogP contribution is -2.38. The minimum absolute atomic E-state index is 0. The van der Waals surface area contributed by atoms with Crippen LogP contribution in [0, 0.1) is 13.8 Å². The first-order chi connectivity index (χ1) is 17.9. The van der Waals surface area contributed by atoms with E-state index in [1.165, 1.54) is 0 Å². The van der Waals surface area contributed by atoms with Gasteiger partial charge in [0.05, 0.1) is 17.2 Å². The quantitative estimate of drug-likeness (QED) is 0.226. The number of ether oxygens (including phenoxy) is 2. The van der Waals surface area contributed by atoms with Crippen LogP contribution in [-0.2, 0) is 12.8 Å². The molecule has 39 heavy (non-hydrogen) atoms. The lowest BCUT2D eigenvalue weighted by atomic mass is 10.0. The highest BCUT2D eigenvalue weighted by atomic mass is 35.5. The van der Waals surface area contributed by atoms with Crippen molar-refractivity contribution in [2.45, 2.75) is 73.0 Å². The predicted molar refractivity (Wildman–Crippen MR) is 157 cm³/mol. The number of hydrogen-bond acceptors (Lipinski definition) is 6. The van der Waals surface area contributed by atoms with E-state index in [1.807, 2.05) is 58.9 Å². The highest BCUT2D eigenvalue weighted by Gasteiger charge is 2.21. The Morgan fingerprint density at radius 2 is 1.28 bits per heavy atom. The maximum atomic E-state index is 13.2. The second kappa shape index (κ2) is 13.7. The first kappa shape index (κ1) is 32.0. The molecule has 0 fully saturated rings. The Hall–Kier alpha value is -3.19. The molecule has 1 unspecified atom stereocenters. The van der Waals surface area contributed by atoms with Crippen LogP contribution in [0.4, 0.5) is 0 Å². The fourth-order valence-electron chi connectivity index (χ4n) is 4.08. The smallest absolute Gasteiger partial charge is 0.343 e. The number of carbonyl (C=O) groups is 2. The Morgan fingerprint density at radius 3 is 1.72 bits per heavy atom. The summed E-state index contributed by atoms with van der Waals surface area (Å²) >= 11 is 0. The average Bonchev–Trinajstić information content (AvgIpc) is 2.87. The molecule has 0 bridgehead atoms. The Labute approximate surface area is 238 Å². The molecule has 3 aromatic rings. The van der Waals surface area contributed by atoms with E-state index >= 15 is 0 Å². The van der Waals surface area contributed by atoms with E-state index in [2.05, 4.69) is 19.2 Å². The third-order valence-electron chi connectivity index (χ3n) is 6.42. The van der Waals surface area contributed by atoms with E-state index in [0.29, 0.717) is 23.2 Å². The SMILES string of the molecule is CCc1ccc(C(=O)Oc2ccc(C(O)CNC(C)(C)C)cc2OC(=O)c2ccc(CC)cc2C)c(C)c1.Cl. The molecule has 0 amide bonds. The number of aliphatic hydroxyl groups excluding tert-OH is 1. The van der Waals surface area contributed by atoms with E-state index in [1.54, 1.807) is 30.3 Å². The number of aliphatic hydroxyl groups is 1. The van der Waals surface area contributed by atoms with Gasteiger partial charge < -0.3 is 19.9 Å². The third kappa shape index (κ3) is 8.65. The number of halogens is 1. The van der Waals surface area contributed by atoms with Gasteiger partial charge in [-0.2, -0.15) is 0 Å². The third-order valence-corrected chi connectivity index (χ3v) is 6.42. The molecular formula is C32H40ClNO5. The molecule has 2 N–H and O–H groups in total. The van der Waals surface area contributed by atoms with Crippen molar-refractivity contribution in [2.24, 2.45) is 0 Å². The molecule has 7 heteroatoms. The van der Waals surface area contributed by atoms with Gasteiger partial charge in [0.15, 0.2) is 11.5 Å². The molecule has 3 rings (SSSR count). The number of β-amino-alcohol motifs (C(OH)–C–C–N with tert-alkyl or cyclic N) is 1. The lowest BCUT2D eigenvalue weighted by Gasteiger charge is -2.23.